The van der Waals surface area contributed by atoms with Crippen molar-refractivity contribution in [3.63, 3.8) is 0 Å². The second-order valence-corrected chi connectivity index (χ2v) is 7.86. The summed E-state index contributed by atoms with van der Waals surface area (Å²) in [6.07, 6.45) is 5.38. The molecule has 1 aliphatic heterocycles. The van der Waals surface area contributed by atoms with Gasteiger partial charge in [-0.05, 0) is 58.3 Å². The minimum absolute atomic E-state index is 0.117. The highest BCUT2D eigenvalue weighted by Gasteiger charge is 2.39. The number of ketones is 1. The molecule has 1 saturated heterocycles. The SMILES string of the molecule is CC(C)(C(=O)O)C1CCC(C(=O)CCN2CCC(O)CC2)CC1. The number of aliphatic hydroxyl groups is 1. The van der Waals surface area contributed by atoms with E-state index < -0.39 is 11.4 Å². The van der Waals surface area contributed by atoms with Gasteiger partial charge in [0.2, 0.25) is 0 Å². The first-order chi connectivity index (χ1) is 10.8. The third kappa shape index (κ3) is 4.77. The second kappa shape index (κ2) is 7.75. The van der Waals surface area contributed by atoms with Gasteiger partial charge in [-0.2, -0.15) is 0 Å². The van der Waals surface area contributed by atoms with Crippen molar-refractivity contribution in [3.05, 3.63) is 0 Å². The number of Topliss-reactive ketones (excluding diaryl/α,β-unsaturated/α-hetero) is 1. The zero-order chi connectivity index (χ0) is 17.0. The summed E-state index contributed by atoms with van der Waals surface area (Å²) in [7, 11) is 0. The normalized spacial score (nSPS) is 27.8. The van der Waals surface area contributed by atoms with Crippen LogP contribution < -0.4 is 0 Å². The van der Waals surface area contributed by atoms with Gasteiger partial charge in [-0.1, -0.05) is 0 Å². The Bertz CT molecular complexity index is 419. The maximum Gasteiger partial charge on any atom is 0.309 e. The van der Waals surface area contributed by atoms with Crippen molar-refractivity contribution in [3.8, 4) is 0 Å². The molecule has 0 aromatic heterocycles. The average Bonchev–Trinajstić information content (AvgIpc) is 2.54. The van der Waals surface area contributed by atoms with Crippen LogP contribution in [0.15, 0.2) is 0 Å². The highest BCUT2D eigenvalue weighted by Crippen LogP contribution is 2.40. The topological polar surface area (TPSA) is 77.8 Å². The number of aliphatic hydroxyl groups excluding tert-OH is 1. The first-order valence-corrected chi connectivity index (χ1v) is 8.97. The third-order valence-electron chi connectivity index (χ3n) is 5.99. The quantitative estimate of drug-likeness (QED) is 0.783. The Hall–Kier alpha value is -0.940. The van der Waals surface area contributed by atoms with E-state index in [1.807, 2.05) is 0 Å². The van der Waals surface area contributed by atoms with Crippen molar-refractivity contribution in [2.75, 3.05) is 19.6 Å². The van der Waals surface area contributed by atoms with Crippen LogP contribution in [0, 0.1) is 17.3 Å². The van der Waals surface area contributed by atoms with Crippen molar-refractivity contribution in [2.24, 2.45) is 17.3 Å². The molecule has 5 nitrogen and oxygen atoms in total. The monoisotopic (exact) mass is 325 g/mol. The molecule has 0 unspecified atom stereocenters. The predicted molar refractivity (Wildman–Crippen MR) is 88.2 cm³/mol. The lowest BCUT2D eigenvalue weighted by Gasteiger charge is -2.36. The van der Waals surface area contributed by atoms with Crippen LogP contribution in [0.25, 0.3) is 0 Å². The van der Waals surface area contributed by atoms with E-state index in [0.717, 1.165) is 58.2 Å². The standard InChI is InChI=1S/C18H31NO4/c1-18(2,17(22)23)14-5-3-13(4-6-14)16(21)9-12-19-10-7-15(20)8-11-19/h13-15,20H,3-12H2,1-2H3,(H,22,23). The Morgan fingerprint density at radius 2 is 1.61 bits per heavy atom. The summed E-state index contributed by atoms with van der Waals surface area (Å²) in [4.78, 5) is 26.0. The van der Waals surface area contributed by atoms with Crippen LogP contribution in [0.4, 0.5) is 0 Å². The third-order valence-corrected chi connectivity index (χ3v) is 5.99. The zero-order valence-corrected chi connectivity index (χ0v) is 14.5. The van der Waals surface area contributed by atoms with Gasteiger partial charge in [0.1, 0.15) is 5.78 Å². The number of carbonyl (C=O) groups excluding carboxylic acids is 1. The average molecular weight is 325 g/mol. The molecule has 0 atom stereocenters. The maximum atomic E-state index is 12.4. The molecule has 2 aliphatic rings. The summed E-state index contributed by atoms with van der Waals surface area (Å²) >= 11 is 0. The minimum Gasteiger partial charge on any atom is -0.481 e. The fraction of sp³-hybridized carbons (Fsp3) is 0.889. The molecule has 23 heavy (non-hydrogen) atoms. The number of hydrogen-bond acceptors (Lipinski definition) is 4. The molecule has 132 valence electrons. The molecule has 2 fully saturated rings. The first-order valence-electron chi connectivity index (χ1n) is 8.97. The van der Waals surface area contributed by atoms with E-state index in [1.165, 1.54) is 0 Å². The number of carbonyl (C=O) groups is 2. The molecule has 0 aromatic carbocycles. The summed E-state index contributed by atoms with van der Waals surface area (Å²) in [6, 6.07) is 0. The van der Waals surface area contributed by atoms with Gasteiger partial charge in [-0.15, -0.1) is 0 Å². The highest BCUT2D eigenvalue weighted by atomic mass is 16.4. The van der Waals surface area contributed by atoms with Crippen LogP contribution in [0.1, 0.15) is 58.8 Å². The van der Waals surface area contributed by atoms with Gasteiger partial charge in [-0.25, -0.2) is 0 Å². The summed E-state index contributed by atoms with van der Waals surface area (Å²) in [6.45, 7) is 6.16. The Labute approximate surface area is 139 Å². The number of nitrogens with zero attached hydrogens (tertiary/aromatic N) is 1. The lowest BCUT2D eigenvalue weighted by atomic mass is 9.68. The Morgan fingerprint density at radius 3 is 2.13 bits per heavy atom. The lowest BCUT2D eigenvalue weighted by Crippen LogP contribution is -2.38. The van der Waals surface area contributed by atoms with E-state index in [4.69, 9.17) is 0 Å². The van der Waals surface area contributed by atoms with Gasteiger partial charge in [0.25, 0.3) is 0 Å². The number of carboxylic acids is 1. The van der Waals surface area contributed by atoms with Crippen molar-refractivity contribution in [1.82, 2.24) is 4.90 Å². The molecule has 0 aromatic rings. The molecule has 0 bridgehead atoms. The van der Waals surface area contributed by atoms with Gasteiger partial charge < -0.3 is 15.1 Å². The molecule has 0 spiro atoms. The zero-order valence-electron chi connectivity index (χ0n) is 14.5. The molecule has 5 heteroatoms. The van der Waals surface area contributed by atoms with E-state index in [0.29, 0.717) is 12.2 Å². The predicted octanol–water partition coefficient (Wildman–Crippen LogP) is 2.32. The molecule has 2 rings (SSSR count). The smallest absolute Gasteiger partial charge is 0.309 e. The summed E-state index contributed by atoms with van der Waals surface area (Å²) < 4.78 is 0. The van der Waals surface area contributed by atoms with E-state index in [1.54, 1.807) is 13.8 Å². The molecule has 0 radical (unpaired) electrons. The van der Waals surface area contributed by atoms with E-state index in [9.17, 15) is 19.8 Å². The molecular formula is C18H31NO4. The van der Waals surface area contributed by atoms with Gasteiger partial charge in [0.15, 0.2) is 0 Å². The van der Waals surface area contributed by atoms with E-state index in [2.05, 4.69) is 4.90 Å². The van der Waals surface area contributed by atoms with Crippen molar-refractivity contribution in [1.29, 1.82) is 0 Å². The number of likely N-dealkylation sites (tertiary alicyclic amines) is 1. The maximum absolute atomic E-state index is 12.4. The molecule has 2 N–H and O–H groups in total. The lowest BCUT2D eigenvalue weighted by molar-refractivity contribution is -0.151. The van der Waals surface area contributed by atoms with E-state index >= 15 is 0 Å². The van der Waals surface area contributed by atoms with E-state index in [-0.39, 0.29) is 17.9 Å². The number of piperidine rings is 1. The second-order valence-electron chi connectivity index (χ2n) is 7.86. The molecule has 1 saturated carbocycles. The summed E-state index contributed by atoms with van der Waals surface area (Å²) in [5.41, 5.74) is -0.692. The van der Waals surface area contributed by atoms with Gasteiger partial charge in [-0.3, -0.25) is 9.59 Å². The van der Waals surface area contributed by atoms with Crippen molar-refractivity contribution in [2.45, 2.75) is 64.9 Å². The van der Waals surface area contributed by atoms with Crippen molar-refractivity contribution < 1.29 is 19.8 Å². The summed E-state index contributed by atoms with van der Waals surface area (Å²) in [5, 5.41) is 18.8. The Kier molecular flexibility index (Phi) is 6.20. The Balaban J connectivity index is 1.72. The molecule has 1 aliphatic carbocycles. The largest absolute Gasteiger partial charge is 0.481 e. The van der Waals surface area contributed by atoms with Crippen LogP contribution >= 0.6 is 0 Å². The van der Waals surface area contributed by atoms with Gasteiger partial charge in [0.05, 0.1) is 11.5 Å². The number of aliphatic carboxylic acids is 1. The van der Waals surface area contributed by atoms with Crippen molar-refractivity contribution >= 4 is 11.8 Å². The minimum atomic E-state index is -0.737. The highest BCUT2D eigenvalue weighted by molar-refractivity contribution is 5.81. The van der Waals surface area contributed by atoms with Crippen LogP contribution in [-0.2, 0) is 9.59 Å². The fourth-order valence-corrected chi connectivity index (χ4v) is 3.93. The summed E-state index contributed by atoms with van der Waals surface area (Å²) in [5.74, 6) is -0.110. The van der Waals surface area contributed by atoms with Crippen LogP contribution in [0.3, 0.4) is 0 Å². The van der Waals surface area contributed by atoms with Crippen LogP contribution in [0.5, 0.6) is 0 Å². The van der Waals surface area contributed by atoms with Crippen LogP contribution in [0.2, 0.25) is 0 Å². The van der Waals surface area contributed by atoms with Gasteiger partial charge in [0, 0.05) is 32.0 Å². The Morgan fingerprint density at radius 1 is 1.04 bits per heavy atom. The number of rotatable bonds is 6. The number of hydrogen-bond donors (Lipinski definition) is 2. The van der Waals surface area contributed by atoms with Gasteiger partial charge >= 0.3 is 5.97 Å². The van der Waals surface area contributed by atoms with Crippen LogP contribution in [-0.4, -0.2) is 52.6 Å². The number of carboxylic acid groups (broad SMARTS) is 1. The fourth-order valence-electron chi connectivity index (χ4n) is 3.93. The molecule has 1 heterocycles. The first kappa shape index (κ1) is 18.4. The molecular weight excluding hydrogens is 294 g/mol. The molecule has 0 amide bonds.